The Hall–Kier alpha value is -1.18. The predicted molar refractivity (Wildman–Crippen MR) is 44.9 cm³/mol. The number of hydrogen-bond donors (Lipinski definition) is 1. The summed E-state index contributed by atoms with van der Waals surface area (Å²) in [4.78, 5) is 0.300. The molecular weight excluding hydrogens is 174 g/mol. The van der Waals surface area contributed by atoms with Crippen LogP contribution < -0.4 is 0 Å². The Labute approximate surface area is 72.9 Å². The van der Waals surface area contributed by atoms with E-state index in [1.54, 1.807) is 19.1 Å². The highest BCUT2D eigenvalue weighted by molar-refractivity contribution is 7.79. The summed E-state index contributed by atoms with van der Waals surface area (Å²) in [6, 6.07) is 6.60. The van der Waals surface area contributed by atoms with Crippen LogP contribution in [0.3, 0.4) is 0 Å². The molecule has 1 aromatic carbocycles. The molecule has 62 valence electrons. The first-order valence-electron chi connectivity index (χ1n) is 3.27. The minimum Gasteiger partial charge on any atom is -0.302 e. The van der Waals surface area contributed by atoms with Crippen molar-refractivity contribution >= 4 is 11.1 Å². The van der Waals surface area contributed by atoms with Crippen molar-refractivity contribution in [2.75, 3.05) is 0 Å². The molecule has 0 amide bonds. The lowest BCUT2D eigenvalue weighted by molar-refractivity contribution is 0.563. The predicted octanol–water partition coefficient (Wildman–Crippen LogP) is 1.45. The molecule has 0 bridgehead atoms. The number of hydrogen-bond acceptors (Lipinski definition) is 2. The van der Waals surface area contributed by atoms with Gasteiger partial charge in [0.2, 0.25) is 0 Å². The monoisotopic (exact) mass is 181 g/mol. The molecule has 0 fully saturated rings. The summed E-state index contributed by atoms with van der Waals surface area (Å²) in [7, 11) is 0. The van der Waals surface area contributed by atoms with Crippen LogP contribution in [-0.4, -0.2) is 8.76 Å². The van der Waals surface area contributed by atoms with Gasteiger partial charge in [-0.05, 0) is 24.6 Å². The van der Waals surface area contributed by atoms with Crippen molar-refractivity contribution in [2.24, 2.45) is 0 Å². The normalized spacial score (nSPS) is 12.1. The smallest absolute Gasteiger partial charge is 0.186 e. The average molecular weight is 181 g/mol. The van der Waals surface area contributed by atoms with Crippen LogP contribution in [0.1, 0.15) is 11.1 Å². The van der Waals surface area contributed by atoms with Crippen molar-refractivity contribution in [3.8, 4) is 6.07 Å². The number of aryl methyl sites for hydroxylation is 1. The molecule has 0 aliphatic heterocycles. The van der Waals surface area contributed by atoms with Gasteiger partial charge < -0.3 is 4.55 Å². The minimum atomic E-state index is -2.00. The number of nitrogens with zero attached hydrogens (tertiary/aromatic N) is 1. The van der Waals surface area contributed by atoms with Gasteiger partial charge in [-0.3, -0.25) is 0 Å². The van der Waals surface area contributed by atoms with E-state index in [0.29, 0.717) is 10.5 Å². The topological polar surface area (TPSA) is 61.1 Å². The molecule has 0 saturated carbocycles. The summed E-state index contributed by atoms with van der Waals surface area (Å²) < 4.78 is 19.5. The van der Waals surface area contributed by atoms with E-state index in [9.17, 15) is 4.21 Å². The zero-order valence-corrected chi connectivity index (χ0v) is 7.26. The summed E-state index contributed by atoms with van der Waals surface area (Å²) in [6.45, 7) is 1.73. The highest BCUT2D eigenvalue weighted by atomic mass is 32.2. The van der Waals surface area contributed by atoms with Crippen LogP contribution in [0.2, 0.25) is 0 Å². The van der Waals surface area contributed by atoms with Crippen molar-refractivity contribution in [3.63, 3.8) is 0 Å². The van der Waals surface area contributed by atoms with Crippen LogP contribution in [-0.2, 0) is 11.1 Å². The van der Waals surface area contributed by atoms with Crippen LogP contribution in [0.15, 0.2) is 23.1 Å². The Morgan fingerprint density at radius 2 is 2.25 bits per heavy atom. The largest absolute Gasteiger partial charge is 0.302 e. The summed E-state index contributed by atoms with van der Waals surface area (Å²) >= 11 is -2.00. The van der Waals surface area contributed by atoms with Crippen molar-refractivity contribution in [2.45, 2.75) is 11.8 Å². The van der Waals surface area contributed by atoms with Gasteiger partial charge in [-0.1, -0.05) is 6.07 Å². The van der Waals surface area contributed by atoms with Crippen LogP contribution in [0.5, 0.6) is 0 Å². The Balaban J connectivity index is 3.28. The molecule has 0 aliphatic carbocycles. The number of nitriles is 1. The van der Waals surface area contributed by atoms with Crippen molar-refractivity contribution in [1.82, 2.24) is 0 Å². The fourth-order valence-electron chi connectivity index (χ4n) is 0.858. The van der Waals surface area contributed by atoms with E-state index in [1.165, 1.54) is 6.07 Å². The Morgan fingerprint density at radius 1 is 1.58 bits per heavy atom. The molecule has 1 atom stereocenters. The Morgan fingerprint density at radius 3 is 2.75 bits per heavy atom. The second-order valence-corrected chi connectivity index (χ2v) is 3.28. The van der Waals surface area contributed by atoms with Gasteiger partial charge in [0.25, 0.3) is 0 Å². The summed E-state index contributed by atoms with van der Waals surface area (Å²) in [5, 5.41) is 8.50. The Bertz CT molecular complexity index is 368. The van der Waals surface area contributed by atoms with Gasteiger partial charge in [-0.25, -0.2) is 4.21 Å². The molecule has 0 saturated heterocycles. The van der Waals surface area contributed by atoms with E-state index in [1.807, 2.05) is 6.07 Å². The minimum absolute atomic E-state index is 0.300. The average Bonchev–Trinajstić information content (AvgIpc) is 2.05. The lowest BCUT2D eigenvalue weighted by Crippen LogP contribution is -1.92. The molecule has 0 spiro atoms. The van der Waals surface area contributed by atoms with Crippen molar-refractivity contribution < 1.29 is 8.76 Å². The summed E-state index contributed by atoms with van der Waals surface area (Å²) in [6.07, 6.45) is 0. The molecule has 0 aliphatic rings. The van der Waals surface area contributed by atoms with E-state index >= 15 is 0 Å². The molecule has 12 heavy (non-hydrogen) atoms. The molecular formula is C8H7NO2S. The van der Waals surface area contributed by atoms with E-state index in [4.69, 9.17) is 9.81 Å². The summed E-state index contributed by atoms with van der Waals surface area (Å²) in [5.74, 6) is 0. The first-order chi connectivity index (χ1) is 5.65. The second kappa shape index (κ2) is 3.48. The van der Waals surface area contributed by atoms with E-state index in [-0.39, 0.29) is 0 Å². The fourth-order valence-corrected chi connectivity index (χ4v) is 1.43. The van der Waals surface area contributed by atoms with Gasteiger partial charge in [0.1, 0.15) is 0 Å². The van der Waals surface area contributed by atoms with Gasteiger partial charge in [-0.15, -0.1) is 0 Å². The van der Waals surface area contributed by atoms with Gasteiger partial charge in [0, 0.05) is 0 Å². The van der Waals surface area contributed by atoms with Crippen LogP contribution in [0.25, 0.3) is 0 Å². The molecule has 0 radical (unpaired) electrons. The first-order valence-corrected chi connectivity index (χ1v) is 4.37. The first kappa shape index (κ1) is 8.91. The number of benzene rings is 1. The quantitative estimate of drug-likeness (QED) is 0.667. The van der Waals surface area contributed by atoms with E-state index in [2.05, 4.69) is 0 Å². The standard InChI is InChI=1S/C8H7NO2S/c1-6-2-3-7(5-9)4-8(6)12(10)11/h2-4H,1H3,(H,10,11). The lowest BCUT2D eigenvalue weighted by atomic mass is 10.2. The molecule has 0 heterocycles. The van der Waals surface area contributed by atoms with Crippen LogP contribution in [0.4, 0.5) is 0 Å². The van der Waals surface area contributed by atoms with Gasteiger partial charge in [0.05, 0.1) is 16.5 Å². The SMILES string of the molecule is Cc1ccc(C#N)cc1S(=O)O. The molecule has 0 aromatic heterocycles. The van der Waals surface area contributed by atoms with E-state index < -0.39 is 11.1 Å². The zero-order chi connectivity index (χ0) is 9.14. The maximum Gasteiger partial charge on any atom is 0.186 e. The molecule has 1 N–H and O–H groups in total. The van der Waals surface area contributed by atoms with Crippen LogP contribution >= 0.6 is 0 Å². The maximum absolute atomic E-state index is 10.7. The third-order valence-electron chi connectivity index (χ3n) is 1.51. The van der Waals surface area contributed by atoms with Crippen molar-refractivity contribution in [3.05, 3.63) is 29.3 Å². The highest BCUT2D eigenvalue weighted by Crippen LogP contribution is 2.13. The zero-order valence-electron chi connectivity index (χ0n) is 6.44. The van der Waals surface area contributed by atoms with Gasteiger partial charge >= 0.3 is 0 Å². The Kier molecular flexibility index (Phi) is 2.58. The number of rotatable bonds is 1. The van der Waals surface area contributed by atoms with Crippen molar-refractivity contribution in [1.29, 1.82) is 5.26 Å². The maximum atomic E-state index is 10.7. The molecule has 1 aromatic rings. The highest BCUT2D eigenvalue weighted by Gasteiger charge is 2.04. The van der Waals surface area contributed by atoms with Crippen LogP contribution in [0, 0.1) is 18.3 Å². The molecule has 4 heteroatoms. The van der Waals surface area contributed by atoms with Gasteiger partial charge in [-0.2, -0.15) is 5.26 Å². The summed E-state index contributed by atoms with van der Waals surface area (Å²) in [5.41, 5.74) is 1.12. The third kappa shape index (κ3) is 1.70. The van der Waals surface area contributed by atoms with E-state index in [0.717, 1.165) is 5.56 Å². The molecule has 3 nitrogen and oxygen atoms in total. The molecule has 1 rings (SSSR count). The molecule has 1 unspecified atom stereocenters. The van der Waals surface area contributed by atoms with Gasteiger partial charge in [0.15, 0.2) is 11.1 Å². The third-order valence-corrected chi connectivity index (χ3v) is 2.32. The second-order valence-electron chi connectivity index (χ2n) is 2.34. The lowest BCUT2D eigenvalue weighted by Gasteiger charge is -1.99. The fraction of sp³-hybridized carbons (Fsp3) is 0.125.